The van der Waals surface area contributed by atoms with E-state index in [1.807, 2.05) is 31.2 Å². The zero-order valence-corrected chi connectivity index (χ0v) is 25.3. The highest BCUT2D eigenvalue weighted by atomic mass is 35.5. The van der Waals surface area contributed by atoms with E-state index in [9.17, 15) is 14.4 Å². The lowest BCUT2D eigenvalue weighted by Crippen LogP contribution is -2.18. The molecule has 0 radical (unpaired) electrons. The zero-order chi connectivity index (χ0) is 31.1. The van der Waals surface area contributed by atoms with Crippen LogP contribution in [0.3, 0.4) is 0 Å². The number of ether oxygens (including phenoxy) is 3. The molecule has 0 saturated carbocycles. The Bertz CT molecular complexity index is 1720. The van der Waals surface area contributed by atoms with Gasteiger partial charge in [-0.1, -0.05) is 61.0 Å². The summed E-state index contributed by atoms with van der Waals surface area (Å²) in [5, 5.41) is 0.131. The minimum atomic E-state index is -0.381. The average Bonchev–Trinajstić information content (AvgIpc) is 3.31. The highest BCUT2D eigenvalue weighted by Gasteiger charge is 2.19. The molecule has 0 aliphatic rings. The van der Waals surface area contributed by atoms with Gasteiger partial charge in [0.05, 0.1) is 18.2 Å². The third kappa shape index (κ3) is 7.61. The first kappa shape index (κ1) is 31.7. The van der Waals surface area contributed by atoms with E-state index in [4.69, 9.17) is 43.1 Å². The Hall–Kier alpha value is -4.19. The summed E-state index contributed by atoms with van der Waals surface area (Å²) in [6, 6.07) is 10.6. The molecule has 0 aliphatic carbocycles. The molecule has 0 unspecified atom stereocenters. The average molecular weight is 629 g/mol. The van der Waals surface area contributed by atoms with Crippen LogP contribution in [0.15, 0.2) is 53.3 Å². The second kappa shape index (κ2) is 14.3. The number of nitrogens with two attached hydrogens (primary N) is 1. The van der Waals surface area contributed by atoms with Crippen LogP contribution in [0.5, 0.6) is 11.8 Å². The molecule has 226 valence electrons. The quantitative estimate of drug-likeness (QED) is 0.107. The largest absolute Gasteiger partial charge is 0.484 e. The molecular formula is C30H31Cl2N5O6. The van der Waals surface area contributed by atoms with Crippen molar-refractivity contribution < 1.29 is 23.8 Å². The molecule has 4 rings (SSSR count). The molecule has 0 saturated heterocycles. The Morgan fingerprint density at radius 1 is 1.02 bits per heavy atom. The molecule has 0 spiro atoms. The number of hydrogen-bond acceptors (Lipinski definition) is 9. The van der Waals surface area contributed by atoms with Gasteiger partial charge in [-0.15, -0.1) is 0 Å². The van der Waals surface area contributed by atoms with Crippen LogP contribution in [0.4, 0.5) is 5.82 Å². The lowest BCUT2D eigenvalue weighted by atomic mass is 10.0. The molecule has 2 aromatic heterocycles. The molecule has 11 nitrogen and oxygen atoms in total. The van der Waals surface area contributed by atoms with Gasteiger partial charge in [0.1, 0.15) is 29.5 Å². The van der Waals surface area contributed by atoms with Crippen molar-refractivity contribution >= 4 is 51.8 Å². The number of benzene rings is 2. The number of anilines is 1. The second-order valence-electron chi connectivity index (χ2n) is 9.62. The normalized spacial score (nSPS) is 11.1. The minimum absolute atomic E-state index is 0.0505. The number of methoxy groups -OCH3 is 1. The number of ketones is 2. The van der Waals surface area contributed by atoms with E-state index in [-0.39, 0.29) is 76.6 Å². The van der Waals surface area contributed by atoms with Crippen LogP contribution in [-0.2, 0) is 22.5 Å². The Morgan fingerprint density at radius 3 is 2.44 bits per heavy atom. The van der Waals surface area contributed by atoms with Gasteiger partial charge in [-0.2, -0.15) is 9.97 Å². The summed E-state index contributed by atoms with van der Waals surface area (Å²) in [5.74, 6) is -0.0983. The summed E-state index contributed by atoms with van der Waals surface area (Å²) in [6.45, 7) is 6.19. The Balaban J connectivity index is 1.34. The molecule has 2 aromatic carbocycles. The molecule has 43 heavy (non-hydrogen) atoms. The number of allylic oxidation sites excluding steroid dienone is 1. The monoisotopic (exact) mass is 627 g/mol. The number of H-pyrrole nitrogens is 1. The van der Waals surface area contributed by atoms with Gasteiger partial charge in [-0.25, -0.2) is 4.79 Å². The maximum atomic E-state index is 12.6. The van der Waals surface area contributed by atoms with E-state index < -0.39 is 0 Å². The number of hydrogen-bond donors (Lipinski definition) is 2. The van der Waals surface area contributed by atoms with Gasteiger partial charge in [0.15, 0.2) is 23.0 Å². The van der Waals surface area contributed by atoms with Gasteiger partial charge in [0.25, 0.3) is 0 Å². The van der Waals surface area contributed by atoms with Crippen LogP contribution in [0.25, 0.3) is 11.2 Å². The van der Waals surface area contributed by atoms with Crippen LogP contribution in [0.2, 0.25) is 10.0 Å². The van der Waals surface area contributed by atoms with Crippen molar-refractivity contribution in [2.45, 2.75) is 32.7 Å². The summed E-state index contributed by atoms with van der Waals surface area (Å²) in [4.78, 5) is 48.7. The van der Waals surface area contributed by atoms with Crippen LogP contribution in [0.1, 0.15) is 41.3 Å². The maximum Gasteiger partial charge on any atom is 0.328 e. The van der Waals surface area contributed by atoms with Crippen molar-refractivity contribution in [1.82, 2.24) is 19.5 Å². The predicted molar refractivity (Wildman–Crippen MR) is 165 cm³/mol. The number of nitrogens with zero attached hydrogens (tertiary/aromatic N) is 3. The smallest absolute Gasteiger partial charge is 0.328 e. The first-order chi connectivity index (χ1) is 20.6. The number of aryl methyl sites for hydroxylation is 1. The van der Waals surface area contributed by atoms with E-state index in [2.05, 4.69) is 21.5 Å². The van der Waals surface area contributed by atoms with Gasteiger partial charge < -0.3 is 24.9 Å². The Kier molecular flexibility index (Phi) is 10.6. The van der Waals surface area contributed by atoms with E-state index in [0.717, 1.165) is 11.1 Å². The summed E-state index contributed by atoms with van der Waals surface area (Å²) in [5.41, 5.74) is 8.72. The van der Waals surface area contributed by atoms with Crippen molar-refractivity contribution in [3.8, 4) is 11.8 Å². The standard InChI is InChI=1S/C30H31Cl2N5O6/c1-4-17(2)26(39)21-11-12-22(24(32)23(21)31)43-16-20(38)10-9-18-5-7-19(8-6-18)15-37-28-25(34-30(37)40)27(33)35-29(36-28)42-14-13-41-3/h5-8,11-12H,2,4,9-10,13-16H2,1,3H3,(H,34,40)(H2,33,35,36). The molecule has 4 aromatic rings. The van der Waals surface area contributed by atoms with Gasteiger partial charge in [0, 0.05) is 19.1 Å². The fourth-order valence-electron chi connectivity index (χ4n) is 4.14. The fourth-order valence-corrected chi connectivity index (χ4v) is 4.60. The number of nitrogen functional groups attached to an aromatic ring is 1. The molecular weight excluding hydrogens is 597 g/mol. The summed E-state index contributed by atoms with van der Waals surface area (Å²) >= 11 is 12.6. The number of imidazole rings is 1. The lowest BCUT2D eigenvalue weighted by Gasteiger charge is -2.12. The summed E-state index contributed by atoms with van der Waals surface area (Å²) < 4.78 is 17.5. The molecule has 0 atom stereocenters. The van der Waals surface area contributed by atoms with E-state index in [1.54, 1.807) is 7.11 Å². The molecule has 3 N–H and O–H groups in total. The lowest BCUT2D eigenvalue weighted by molar-refractivity contribution is -0.121. The highest BCUT2D eigenvalue weighted by Crippen LogP contribution is 2.36. The predicted octanol–water partition coefficient (Wildman–Crippen LogP) is 4.81. The van der Waals surface area contributed by atoms with Gasteiger partial charge in [-0.05, 0) is 41.7 Å². The molecule has 2 heterocycles. The first-order valence-electron chi connectivity index (χ1n) is 13.4. The number of Topliss-reactive ketones (excluding diaryl/α,β-unsaturated/α-hetero) is 2. The van der Waals surface area contributed by atoms with Crippen molar-refractivity contribution in [3.63, 3.8) is 0 Å². The van der Waals surface area contributed by atoms with Crippen molar-refractivity contribution in [2.24, 2.45) is 0 Å². The van der Waals surface area contributed by atoms with Crippen molar-refractivity contribution in [1.29, 1.82) is 0 Å². The van der Waals surface area contributed by atoms with Crippen LogP contribution >= 0.6 is 23.2 Å². The second-order valence-corrected chi connectivity index (χ2v) is 10.4. The number of fused-ring (bicyclic) bond motifs is 1. The van der Waals surface area contributed by atoms with Gasteiger partial charge >= 0.3 is 11.7 Å². The molecule has 0 amide bonds. The number of aromatic amines is 1. The number of aromatic nitrogens is 4. The third-order valence-electron chi connectivity index (χ3n) is 6.63. The SMILES string of the molecule is C=C(CC)C(=O)c1ccc(OCC(=O)CCc2ccc(Cn3c(=O)[nH]c4c(N)nc(OCCOC)nc43)cc2)c(Cl)c1Cl. The number of carbonyl (C=O) groups is 2. The summed E-state index contributed by atoms with van der Waals surface area (Å²) in [7, 11) is 1.55. The Labute approximate surface area is 257 Å². The van der Waals surface area contributed by atoms with Crippen molar-refractivity contribution in [2.75, 3.05) is 32.7 Å². The van der Waals surface area contributed by atoms with Crippen LogP contribution in [-0.4, -0.2) is 58.0 Å². The highest BCUT2D eigenvalue weighted by molar-refractivity contribution is 6.45. The summed E-state index contributed by atoms with van der Waals surface area (Å²) in [6.07, 6.45) is 1.22. The first-order valence-corrected chi connectivity index (χ1v) is 14.2. The molecule has 0 fully saturated rings. The number of halogens is 2. The third-order valence-corrected chi connectivity index (χ3v) is 7.50. The van der Waals surface area contributed by atoms with Crippen LogP contribution < -0.4 is 20.9 Å². The van der Waals surface area contributed by atoms with E-state index >= 15 is 0 Å². The Morgan fingerprint density at radius 2 is 1.74 bits per heavy atom. The molecule has 13 heteroatoms. The van der Waals surface area contributed by atoms with E-state index in [0.29, 0.717) is 36.2 Å². The topological polar surface area (TPSA) is 151 Å². The number of carbonyl (C=O) groups excluding carboxylic acids is 2. The molecule has 0 bridgehead atoms. The van der Waals surface area contributed by atoms with Gasteiger partial charge in [0.2, 0.25) is 0 Å². The van der Waals surface area contributed by atoms with Crippen molar-refractivity contribution in [3.05, 3.63) is 85.8 Å². The zero-order valence-electron chi connectivity index (χ0n) is 23.7. The fraction of sp³-hybridized carbons (Fsp3) is 0.300. The number of rotatable bonds is 15. The molecule has 0 aliphatic heterocycles. The van der Waals surface area contributed by atoms with E-state index in [1.165, 1.54) is 16.7 Å². The maximum absolute atomic E-state index is 12.6. The van der Waals surface area contributed by atoms with Gasteiger partial charge in [-0.3, -0.25) is 14.2 Å². The minimum Gasteiger partial charge on any atom is -0.484 e. The van der Waals surface area contributed by atoms with Crippen LogP contribution in [0, 0.1) is 0 Å². The number of nitrogens with one attached hydrogen (secondary N) is 1.